The minimum absolute atomic E-state index is 0.887. The lowest BCUT2D eigenvalue weighted by Gasteiger charge is -2.04. The number of ether oxygens (including phenoxy) is 1. The average Bonchev–Trinajstić information content (AvgIpc) is 2.38. The zero-order valence-corrected chi connectivity index (χ0v) is 11.8. The van der Waals surface area contributed by atoms with Crippen LogP contribution in [0.15, 0.2) is 52.1 Å². The first-order chi connectivity index (χ1) is 8.29. The van der Waals surface area contributed by atoms with Crippen LogP contribution in [0.25, 0.3) is 0 Å². The highest BCUT2D eigenvalue weighted by atomic mass is 79.9. The van der Waals surface area contributed by atoms with E-state index in [0.717, 1.165) is 21.0 Å². The van der Waals surface area contributed by atoms with Crippen molar-refractivity contribution in [2.75, 3.05) is 7.11 Å². The number of methoxy groups -OCH3 is 1. The van der Waals surface area contributed by atoms with Crippen molar-refractivity contribution in [2.24, 2.45) is 0 Å². The Labute approximate surface area is 114 Å². The number of benzene rings is 1. The molecule has 0 radical (unpaired) electrons. The number of nitrogens with zero attached hydrogens (tertiary/aromatic N) is 1. The summed E-state index contributed by atoms with van der Waals surface area (Å²) < 4.78 is 6.16. The zero-order valence-electron chi connectivity index (χ0n) is 9.39. The van der Waals surface area contributed by atoms with Crippen LogP contribution < -0.4 is 4.74 Å². The molecule has 0 bridgehead atoms. The molecule has 0 atom stereocenters. The summed E-state index contributed by atoms with van der Waals surface area (Å²) >= 11 is 5.20. The minimum Gasteiger partial charge on any atom is -0.497 e. The van der Waals surface area contributed by atoms with Gasteiger partial charge < -0.3 is 4.74 Å². The van der Waals surface area contributed by atoms with E-state index in [9.17, 15) is 0 Å². The van der Waals surface area contributed by atoms with Crippen molar-refractivity contribution < 1.29 is 4.74 Å². The second kappa shape index (κ2) is 6.07. The molecule has 2 rings (SSSR count). The summed E-state index contributed by atoms with van der Waals surface area (Å²) in [6.07, 6.45) is 1.81. The Balaban J connectivity index is 2.00. The smallest absolute Gasteiger partial charge is 0.118 e. The summed E-state index contributed by atoms with van der Waals surface area (Å²) in [6, 6.07) is 12.0. The third-order valence-corrected chi connectivity index (χ3v) is 4.24. The van der Waals surface area contributed by atoms with Gasteiger partial charge in [-0.25, -0.2) is 4.98 Å². The molecule has 0 aliphatic heterocycles. The summed E-state index contributed by atoms with van der Waals surface area (Å²) in [5, 5.41) is 1.02. The Morgan fingerprint density at radius 3 is 2.65 bits per heavy atom. The van der Waals surface area contributed by atoms with E-state index >= 15 is 0 Å². The molecule has 0 saturated heterocycles. The van der Waals surface area contributed by atoms with Gasteiger partial charge in [0.25, 0.3) is 0 Å². The van der Waals surface area contributed by atoms with Crippen molar-refractivity contribution in [3.05, 3.63) is 52.6 Å². The van der Waals surface area contributed by atoms with Crippen molar-refractivity contribution in [2.45, 2.75) is 10.8 Å². The van der Waals surface area contributed by atoms with Crippen LogP contribution in [-0.4, -0.2) is 12.1 Å². The molecule has 0 amide bonds. The molecule has 17 heavy (non-hydrogen) atoms. The summed E-state index contributed by atoms with van der Waals surface area (Å²) in [5.41, 5.74) is 1.26. The van der Waals surface area contributed by atoms with Gasteiger partial charge in [-0.1, -0.05) is 12.1 Å². The van der Waals surface area contributed by atoms with E-state index in [1.165, 1.54) is 5.56 Å². The van der Waals surface area contributed by atoms with Crippen molar-refractivity contribution in [3.8, 4) is 5.75 Å². The van der Waals surface area contributed by atoms with Crippen LogP contribution in [-0.2, 0) is 5.75 Å². The number of hydrogen-bond donors (Lipinski definition) is 0. The second-order valence-corrected chi connectivity index (χ2v) is 5.25. The van der Waals surface area contributed by atoms with Gasteiger partial charge in [0.15, 0.2) is 0 Å². The van der Waals surface area contributed by atoms with Crippen LogP contribution in [0.2, 0.25) is 0 Å². The lowest BCUT2D eigenvalue weighted by Crippen LogP contribution is -1.86. The van der Waals surface area contributed by atoms with Crippen molar-refractivity contribution in [1.29, 1.82) is 0 Å². The fourth-order valence-electron chi connectivity index (χ4n) is 1.35. The van der Waals surface area contributed by atoms with Crippen LogP contribution in [0.3, 0.4) is 0 Å². The summed E-state index contributed by atoms with van der Waals surface area (Å²) in [4.78, 5) is 4.32. The van der Waals surface area contributed by atoms with Crippen LogP contribution in [0.5, 0.6) is 5.75 Å². The van der Waals surface area contributed by atoms with E-state index in [1.54, 1.807) is 25.1 Å². The minimum atomic E-state index is 0.887. The lowest BCUT2D eigenvalue weighted by atomic mass is 10.2. The fourth-order valence-corrected chi connectivity index (χ4v) is 2.79. The van der Waals surface area contributed by atoms with E-state index in [1.807, 2.05) is 24.3 Å². The first-order valence-corrected chi connectivity index (χ1v) is 6.93. The quantitative estimate of drug-likeness (QED) is 0.792. The molecule has 1 aromatic heterocycles. The van der Waals surface area contributed by atoms with Crippen molar-refractivity contribution in [1.82, 2.24) is 4.98 Å². The van der Waals surface area contributed by atoms with Crippen molar-refractivity contribution >= 4 is 27.7 Å². The predicted octanol–water partition coefficient (Wildman–Crippen LogP) is 4.15. The van der Waals surface area contributed by atoms with E-state index < -0.39 is 0 Å². The molecule has 0 N–H and O–H groups in total. The molecular weight excluding hydrogens is 298 g/mol. The van der Waals surface area contributed by atoms with Crippen LogP contribution in [0, 0.1) is 0 Å². The Kier molecular flexibility index (Phi) is 4.45. The van der Waals surface area contributed by atoms with Gasteiger partial charge in [-0.3, -0.25) is 0 Å². The Morgan fingerprint density at radius 1 is 1.24 bits per heavy atom. The Morgan fingerprint density at radius 2 is 2.00 bits per heavy atom. The maximum absolute atomic E-state index is 5.12. The third kappa shape index (κ3) is 3.48. The normalized spacial score (nSPS) is 10.2. The van der Waals surface area contributed by atoms with Gasteiger partial charge in [0.2, 0.25) is 0 Å². The SMILES string of the molecule is COc1ccc(CSc2ncccc2Br)cc1. The number of thioether (sulfide) groups is 1. The van der Waals surface area contributed by atoms with Crippen LogP contribution in [0.4, 0.5) is 0 Å². The van der Waals surface area contributed by atoms with Gasteiger partial charge in [-0.2, -0.15) is 0 Å². The van der Waals surface area contributed by atoms with Gasteiger partial charge in [0.1, 0.15) is 10.8 Å². The Bertz CT molecular complexity index is 487. The molecule has 1 aromatic carbocycles. The summed E-state index contributed by atoms with van der Waals surface area (Å²) in [5.74, 6) is 1.79. The topological polar surface area (TPSA) is 22.1 Å². The molecule has 0 aliphatic rings. The number of rotatable bonds is 4. The molecule has 4 heteroatoms. The summed E-state index contributed by atoms with van der Waals surface area (Å²) in [7, 11) is 1.68. The predicted molar refractivity (Wildman–Crippen MR) is 74.5 cm³/mol. The molecule has 0 saturated carbocycles. The molecule has 88 valence electrons. The maximum Gasteiger partial charge on any atom is 0.118 e. The fraction of sp³-hybridized carbons (Fsp3) is 0.154. The van der Waals surface area contributed by atoms with Gasteiger partial charge in [-0.15, -0.1) is 11.8 Å². The molecular formula is C13H12BrNOS. The standard InChI is InChI=1S/C13H12BrNOS/c1-16-11-6-4-10(5-7-11)9-17-13-12(14)3-2-8-15-13/h2-8H,9H2,1H3. The highest BCUT2D eigenvalue weighted by Crippen LogP contribution is 2.27. The number of pyridine rings is 1. The van der Waals surface area contributed by atoms with Crippen LogP contribution >= 0.6 is 27.7 Å². The third-order valence-electron chi connectivity index (χ3n) is 2.26. The number of aromatic nitrogens is 1. The first kappa shape index (κ1) is 12.5. The summed E-state index contributed by atoms with van der Waals surface area (Å²) in [6.45, 7) is 0. The molecule has 2 aromatic rings. The molecule has 0 spiro atoms. The molecule has 0 unspecified atom stereocenters. The molecule has 0 aliphatic carbocycles. The van der Waals surface area contributed by atoms with E-state index in [-0.39, 0.29) is 0 Å². The monoisotopic (exact) mass is 309 g/mol. The van der Waals surface area contributed by atoms with Crippen LogP contribution in [0.1, 0.15) is 5.56 Å². The van der Waals surface area contributed by atoms with Crippen molar-refractivity contribution in [3.63, 3.8) is 0 Å². The lowest BCUT2D eigenvalue weighted by molar-refractivity contribution is 0.414. The highest BCUT2D eigenvalue weighted by molar-refractivity contribution is 9.10. The number of halogens is 1. The number of hydrogen-bond acceptors (Lipinski definition) is 3. The van der Waals surface area contributed by atoms with Gasteiger partial charge in [0, 0.05) is 16.4 Å². The molecule has 1 heterocycles. The average molecular weight is 310 g/mol. The van der Waals surface area contributed by atoms with E-state index in [4.69, 9.17) is 4.74 Å². The van der Waals surface area contributed by atoms with E-state index in [2.05, 4.69) is 33.0 Å². The highest BCUT2D eigenvalue weighted by Gasteiger charge is 2.02. The van der Waals surface area contributed by atoms with Gasteiger partial charge in [-0.05, 0) is 45.8 Å². The molecule has 2 nitrogen and oxygen atoms in total. The van der Waals surface area contributed by atoms with Gasteiger partial charge in [0.05, 0.1) is 7.11 Å². The van der Waals surface area contributed by atoms with E-state index in [0.29, 0.717) is 0 Å². The zero-order chi connectivity index (χ0) is 12.1. The Hall–Kier alpha value is -1.00. The molecule has 0 fully saturated rings. The first-order valence-electron chi connectivity index (χ1n) is 5.16. The maximum atomic E-state index is 5.12. The largest absolute Gasteiger partial charge is 0.497 e. The van der Waals surface area contributed by atoms with Gasteiger partial charge >= 0.3 is 0 Å². The second-order valence-electron chi connectivity index (χ2n) is 3.43.